The molecule has 0 radical (unpaired) electrons. The standard InChI is InChI=1S/C20H30N2O5S/c1-21(2)28(24,25)17-10-8-16(9-11-17)27-13-12-22-18-7-5-4-6-15(18)14-19(22)20(23)26-3/h8-11,15,18-19H,4-7,12-14H2,1-3H3. The van der Waals surface area contributed by atoms with Crippen molar-refractivity contribution in [2.75, 3.05) is 34.4 Å². The lowest BCUT2D eigenvalue weighted by Gasteiger charge is -2.33. The van der Waals surface area contributed by atoms with Crippen LogP contribution in [0, 0.1) is 5.92 Å². The molecular weight excluding hydrogens is 380 g/mol. The smallest absolute Gasteiger partial charge is 0.323 e. The number of ether oxygens (including phenoxy) is 2. The lowest BCUT2D eigenvalue weighted by Crippen LogP contribution is -2.44. The van der Waals surface area contributed by atoms with E-state index in [1.807, 2.05) is 0 Å². The second-order valence-electron chi connectivity index (χ2n) is 7.73. The van der Waals surface area contributed by atoms with Crippen LogP contribution in [0.1, 0.15) is 32.1 Å². The second-order valence-corrected chi connectivity index (χ2v) is 9.88. The van der Waals surface area contributed by atoms with Gasteiger partial charge in [-0.3, -0.25) is 9.69 Å². The molecule has 28 heavy (non-hydrogen) atoms. The van der Waals surface area contributed by atoms with Crippen molar-refractivity contribution in [2.45, 2.75) is 49.1 Å². The first-order valence-corrected chi connectivity index (χ1v) is 11.3. The Kier molecular flexibility index (Phi) is 6.62. The van der Waals surface area contributed by atoms with Crippen molar-refractivity contribution in [3.8, 4) is 5.75 Å². The van der Waals surface area contributed by atoms with Gasteiger partial charge in [-0.1, -0.05) is 12.8 Å². The monoisotopic (exact) mass is 410 g/mol. The highest BCUT2D eigenvalue weighted by Crippen LogP contribution is 2.39. The molecule has 2 aliphatic rings. The first kappa shape index (κ1) is 21.1. The van der Waals surface area contributed by atoms with Gasteiger partial charge in [0, 0.05) is 26.7 Å². The maximum absolute atomic E-state index is 12.2. The van der Waals surface area contributed by atoms with Gasteiger partial charge in [-0.25, -0.2) is 12.7 Å². The number of carbonyl (C=O) groups is 1. The minimum atomic E-state index is -3.44. The summed E-state index contributed by atoms with van der Waals surface area (Å²) in [4.78, 5) is 14.7. The van der Waals surface area contributed by atoms with Crippen molar-refractivity contribution in [1.82, 2.24) is 9.21 Å². The van der Waals surface area contributed by atoms with Crippen LogP contribution in [-0.2, 0) is 19.6 Å². The zero-order valence-corrected chi connectivity index (χ0v) is 17.7. The Morgan fingerprint density at radius 2 is 1.86 bits per heavy atom. The lowest BCUT2D eigenvalue weighted by molar-refractivity contribution is -0.146. The quantitative estimate of drug-likeness (QED) is 0.641. The van der Waals surface area contributed by atoms with E-state index in [1.54, 1.807) is 24.3 Å². The van der Waals surface area contributed by atoms with E-state index in [9.17, 15) is 13.2 Å². The van der Waals surface area contributed by atoms with Gasteiger partial charge in [0.2, 0.25) is 10.0 Å². The third-order valence-corrected chi connectivity index (χ3v) is 7.74. The molecule has 0 N–H and O–H groups in total. The Bertz CT molecular complexity index is 778. The summed E-state index contributed by atoms with van der Waals surface area (Å²) in [5.74, 6) is 1.02. The molecular formula is C20H30N2O5S. The fourth-order valence-corrected chi connectivity index (χ4v) is 5.33. The van der Waals surface area contributed by atoms with Gasteiger partial charge in [-0.05, 0) is 49.4 Å². The van der Waals surface area contributed by atoms with E-state index in [0.29, 0.717) is 30.9 Å². The topological polar surface area (TPSA) is 76.1 Å². The van der Waals surface area contributed by atoms with Gasteiger partial charge in [-0.2, -0.15) is 0 Å². The number of fused-ring (bicyclic) bond motifs is 1. The highest BCUT2D eigenvalue weighted by molar-refractivity contribution is 7.89. The van der Waals surface area contributed by atoms with Gasteiger partial charge < -0.3 is 9.47 Å². The molecule has 0 spiro atoms. The van der Waals surface area contributed by atoms with Crippen molar-refractivity contribution in [1.29, 1.82) is 0 Å². The van der Waals surface area contributed by atoms with Gasteiger partial charge >= 0.3 is 5.97 Å². The maximum atomic E-state index is 12.2. The molecule has 0 bridgehead atoms. The molecule has 1 saturated carbocycles. The average molecular weight is 411 g/mol. The Morgan fingerprint density at radius 3 is 2.50 bits per heavy atom. The van der Waals surface area contributed by atoms with Crippen molar-refractivity contribution in [3.05, 3.63) is 24.3 Å². The second kappa shape index (κ2) is 8.80. The maximum Gasteiger partial charge on any atom is 0.323 e. The molecule has 1 aliphatic carbocycles. The number of hydrogen-bond acceptors (Lipinski definition) is 6. The van der Waals surface area contributed by atoms with Gasteiger partial charge in [0.15, 0.2) is 0 Å². The van der Waals surface area contributed by atoms with Crippen molar-refractivity contribution < 1.29 is 22.7 Å². The van der Waals surface area contributed by atoms with E-state index in [4.69, 9.17) is 9.47 Å². The molecule has 3 unspecified atom stereocenters. The summed E-state index contributed by atoms with van der Waals surface area (Å²) < 4.78 is 36.3. The number of likely N-dealkylation sites (tertiary alicyclic amines) is 1. The molecule has 1 aromatic carbocycles. The van der Waals surface area contributed by atoms with Crippen LogP contribution in [0.2, 0.25) is 0 Å². The Balaban J connectivity index is 1.60. The third kappa shape index (κ3) is 4.34. The molecule has 3 rings (SSSR count). The number of rotatable bonds is 7. The number of esters is 1. The van der Waals surface area contributed by atoms with Crippen LogP contribution in [0.5, 0.6) is 5.75 Å². The molecule has 1 saturated heterocycles. The molecule has 0 aromatic heterocycles. The van der Waals surface area contributed by atoms with E-state index in [-0.39, 0.29) is 16.9 Å². The molecule has 8 heteroatoms. The van der Waals surface area contributed by atoms with Gasteiger partial charge in [0.05, 0.1) is 12.0 Å². The first-order chi connectivity index (χ1) is 13.3. The van der Waals surface area contributed by atoms with E-state index in [2.05, 4.69) is 4.90 Å². The van der Waals surface area contributed by atoms with Gasteiger partial charge in [-0.15, -0.1) is 0 Å². The molecule has 156 valence electrons. The summed E-state index contributed by atoms with van der Waals surface area (Å²) in [5, 5.41) is 0. The normalized spacial score (nSPS) is 25.5. The molecule has 0 amide bonds. The zero-order chi connectivity index (χ0) is 20.3. The first-order valence-electron chi connectivity index (χ1n) is 9.83. The number of benzene rings is 1. The Labute approximate surface area is 167 Å². The van der Waals surface area contributed by atoms with Crippen LogP contribution < -0.4 is 4.74 Å². The van der Waals surface area contributed by atoms with Crippen molar-refractivity contribution in [3.63, 3.8) is 0 Å². The SMILES string of the molecule is COC(=O)C1CC2CCCCC2N1CCOc1ccc(S(=O)(=O)N(C)C)cc1. The molecule has 1 aliphatic heterocycles. The van der Waals surface area contributed by atoms with E-state index < -0.39 is 10.0 Å². The molecule has 3 atom stereocenters. The number of methoxy groups -OCH3 is 1. The highest BCUT2D eigenvalue weighted by Gasteiger charge is 2.45. The van der Waals surface area contributed by atoms with Crippen LogP contribution in [-0.4, -0.2) is 70.0 Å². The number of hydrogen-bond donors (Lipinski definition) is 0. The average Bonchev–Trinajstić information content (AvgIpc) is 3.06. The number of carbonyl (C=O) groups excluding carboxylic acids is 1. The summed E-state index contributed by atoms with van der Waals surface area (Å²) in [6, 6.07) is 6.68. The van der Waals surface area contributed by atoms with Crippen LogP contribution in [0.4, 0.5) is 0 Å². The van der Waals surface area contributed by atoms with Gasteiger partial charge in [0.1, 0.15) is 18.4 Å². The Hall–Kier alpha value is -1.64. The summed E-state index contributed by atoms with van der Waals surface area (Å²) >= 11 is 0. The van der Waals surface area contributed by atoms with Crippen LogP contribution in [0.15, 0.2) is 29.2 Å². The molecule has 1 heterocycles. The van der Waals surface area contributed by atoms with Crippen LogP contribution in [0.25, 0.3) is 0 Å². The summed E-state index contributed by atoms with van der Waals surface area (Å²) in [6.45, 7) is 1.09. The number of sulfonamides is 1. The van der Waals surface area contributed by atoms with Crippen molar-refractivity contribution in [2.24, 2.45) is 5.92 Å². The fourth-order valence-electron chi connectivity index (χ4n) is 4.43. The van der Waals surface area contributed by atoms with Crippen LogP contribution >= 0.6 is 0 Å². The predicted molar refractivity (Wildman–Crippen MR) is 106 cm³/mol. The van der Waals surface area contributed by atoms with Gasteiger partial charge in [0.25, 0.3) is 0 Å². The molecule has 1 aromatic rings. The largest absolute Gasteiger partial charge is 0.492 e. The molecule has 2 fully saturated rings. The fraction of sp³-hybridized carbons (Fsp3) is 0.650. The predicted octanol–water partition coefficient (Wildman–Crippen LogP) is 2.12. The minimum absolute atomic E-state index is 0.160. The third-order valence-electron chi connectivity index (χ3n) is 5.92. The zero-order valence-electron chi connectivity index (χ0n) is 16.8. The minimum Gasteiger partial charge on any atom is -0.492 e. The Morgan fingerprint density at radius 1 is 1.18 bits per heavy atom. The number of nitrogens with zero attached hydrogens (tertiary/aromatic N) is 2. The molecule has 7 nitrogen and oxygen atoms in total. The summed E-state index contributed by atoms with van der Waals surface area (Å²) in [7, 11) is 1.02. The summed E-state index contributed by atoms with van der Waals surface area (Å²) in [6.07, 6.45) is 5.61. The highest BCUT2D eigenvalue weighted by atomic mass is 32.2. The van der Waals surface area contributed by atoms with E-state index in [1.165, 1.54) is 44.8 Å². The van der Waals surface area contributed by atoms with E-state index in [0.717, 1.165) is 12.8 Å². The van der Waals surface area contributed by atoms with Crippen LogP contribution in [0.3, 0.4) is 0 Å². The summed E-state index contributed by atoms with van der Waals surface area (Å²) in [5.41, 5.74) is 0. The van der Waals surface area contributed by atoms with E-state index >= 15 is 0 Å². The van der Waals surface area contributed by atoms with Crippen molar-refractivity contribution >= 4 is 16.0 Å². The lowest BCUT2D eigenvalue weighted by atomic mass is 9.85.